The third-order valence-electron chi connectivity index (χ3n) is 6.04. The van der Waals surface area contributed by atoms with Crippen LogP contribution >= 0.6 is 27.5 Å². The van der Waals surface area contributed by atoms with E-state index in [0.29, 0.717) is 27.6 Å². The molecule has 0 radical (unpaired) electrons. The molecule has 6 nitrogen and oxygen atoms in total. The lowest BCUT2D eigenvalue weighted by molar-refractivity contribution is -0.122. The Morgan fingerprint density at radius 3 is 2.57 bits per heavy atom. The topological polar surface area (TPSA) is 75.7 Å². The van der Waals surface area contributed by atoms with Crippen LogP contribution in [-0.2, 0) is 16.2 Å². The van der Waals surface area contributed by atoms with E-state index in [1.165, 1.54) is 6.08 Å². The second-order valence-electron chi connectivity index (χ2n) is 8.50. The van der Waals surface area contributed by atoms with E-state index in [9.17, 15) is 14.4 Å². The van der Waals surface area contributed by atoms with E-state index in [-0.39, 0.29) is 12.2 Å². The quantitative estimate of drug-likeness (QED) is 0.210. The van der Waals surface area contributed by atoms with Crippen molar-refractivity contribution in [1.29, 1.82) is 0 Å². The lowest BCUT2D eigenvalue weighted by atomic mass is 10.0. The van der Waals surface area contributed by atoms with Gasteiger partial charge in [0.25, 0.3) is 11.8 Å². The molecule has 1 N–H and O–H groups in total. The SMILES string of the molecule is Cc1cc(Br)ccc1N1C(=O)NC(=O)/C(=C/c2cc(Cl)ccc2OCc2cccc3ccccc23)C1=O. The minimum absolute atomic E-state index is 0.209. The second-order valence-corrected chi connectivity index (χ2v) is 9.85. The van der Waals surface area contributed by atoms with Crippen molar-refractivity contribution in [2.24, 2.45) is 0 Å². The molecule has 0 bridgehead atoms. The van der Waals surface area contributed by atoms with Gasteiger partial charge in [-0.2, -0.15) is 0 Å². The fraction of sp³-hybridized carbons (Fsp3) is 0.0690. The standard InChI is InChI=1S/C29H20BrClN2O4/c1-17-13-21(30)9-11-25(17)33-28(35)24(27(34)32-29(33)36)15-20-14-22(31)10-12-26(20)37-16-19-7-4-6-18-5-2-3-8-23(18)19/h2-15H,16H2,1H3,(H,32,34,36)/b24-15-. The second kappa shape index (κ2) is 10.2. The number of hydrogen-bond acceptors (Lipinski definition) is 4. The van der Waals surface area contributed by atoms with Gasteiger partial charge in [-0.05, 0) is 71.3 Å². The number of urea groups is 1. The van der Waals surface area contributed by atoms with E-state index in [1.54, 1.807) is 43.3 Å². The number of hydrogen-bond donors (Lipinski definition) is 1. The van der Waals surface area contributed by atoms with E-state index in [0.717, 1.165) is 25.7 Å². The Labute approximate surface area is 226 Å². The van der Waals surface area contributed by atoms with Crippen LogP contribution in [0.25, 0.3) is 16.8 Å². The largest absolute Gasteiger partial charge is 0.488 e. The fourth-order valence-corrected chi connectivity index (χ4v) is 4.90. The summed E-state index contributed by atoms with van der Waals surface area (Å²) in [6.45, 7) is 2.04. The molecule has 0 saturated carbocycles. The Morgan fingerprint density at radius 2 is 1.76 bits per heavy atom. The molecule has 1 saturated heterocycles. The normalized spacial score (nSPS) is 14.8. The summed E-state index contributed by atoms with van der Waals surface area (Å²) in [5.74, 6) is -1.09. The molecule has 37 heavy (non-hydrogen) atoms. The average Bonchev–Trinajstić information content (AvgIpc) is 2.87. The predicted molar refractivity (Wildman–Crippen MR) is 148 cm³/mol. The maximum Gasteiger partial charge on any atom is 0.335 e. The highest BCUT2D eigenvalue weighted by Crippen LogP contribution is 2.31. The number of rotatable bonds is 5. The molecule has 184 valence electrons. The summed E-state index contributed by atoms with van der Waals surface area (Å²) >= 11 is 9.63. The van der Waals surface area contributed by atoms with Crippen molar-refractivity contribution in [2.45, 2.75) is 13.5 Å². The van der Waals surface area contributed by atoms with Crippen LogP contribution in [0.2, 0.25) is 5.02 Å². The number of fused-ring (bicyclic) bond motifs is 1. The minimum Gasteiger partial charge on any atom is -0.488 e. The summed E-state index contributed by atoms with van der Waals surface area (Å²) in [6, 6.07) is 23.3. The van der Waals surface area contributed by atoms with Crippen molar-refractivity contribution in [1.82, 2.24) is 5.32 Å². The van der Waals surface area contributed by atoms with Crippen molar-refractivity contribution < 1.29 is 19.1 Å². The number of carbonyl (C=O) groups excluding carboxylic acids is 3. The first-order valence-electron chi connectivity index (χ1n) is 11.4. The van der Waals surface area contributed by atoms with Gasteiger partial charge in [0, 0.05) is 15.1 Å². The molecule has 1 aliphatic rings. The Kier molecular flexibility index (Phi) is 6.82. The zero-order valence-corrected chi connectivity index (χ0v) is 22.0. The van der Waals surface area contributed by atoms with Gasteiger partial charge < -0.3 is 4.74 Å². The monoisotopic (exact) mass is 574 g/mol. The lowest BCUT2D eigenvalue weighted by Crippen LogP contribution is -2.54. The highest BCUT2D eigenvalue weighted by Gasteiger charge is 2.37. The van der Waals surface area contributed by atoms with Gasteiger partial charge in [0.05, 0.1) is 5.69 Å². The number of imide groups is 2. The van der Waals surface area contributed by atoms with Gasteiger partial charge in [0.2, 0.25) is 0 Å². The fourth-order valence-electron chi connectivity index (χ4n) is 4.24. The van der Waals surface area contributed by atoms with Gasteiger partial charge in [-0.1, -0.05) is 70.0 Å². The van der Waals surface area contributed by atoms with Crippen LogP contribution < -0.4 is 15.0 Å². The first kappa shape index (κ1) is 24.7. The van der Waals surface area contributed by atoms with Crippen LogP contribution in [0, 0.1) is 6.92 Å². The number of amides is 4. The summed E-state index contributed by atoms with van der Waals surface area (Å²) in [5, 5.41) is 4.83. The molecular weight excluding hydrogens is 556 g/mol. The van der Waals surface area contributed by atoms with Crippen molar-refractivity contribution >= 4 is 67.9 Å². The van der Waals surface area contributed by atoms with Crippen LogP contribution in [0.1, 0.15) is 16.7 Å². The highest BCUT2D eigenvalue weighted by molar-refractivity contribution is 9.10. The van der Waals surface area contributed by atoms with Crippen molar-refractivity contribution in [3.05, 3.63) is 111 Å². The summed E-state index contributed by atoms with van der Waals surface area (Å²) in [5.41, 5.74) is 2.28. The van der Waals surface area contributed by atoms with Gasteiger partial charge in [-0.15, -0.1) is 0 Å². The summed E-state index contributed by atoms with van der Waals surface area (Å²) in [4.78, 5) is 39.7. The molecule has 0 spiro atoms. The number of carbonyl (C=O) groups is 3. The molecule has 4 amide bonds. The van der Waals surface area contributed by atoms with Crippen LogP contribution in [0.4, 0.5) is 10.5 Å². The molecule has 0 aromatic heterocycles. The Balaban J connectivity index is 1.49. The Morgan fingerprint density at radius 1 is 0.973 bits per heavy atom. The number of barbiturate groups is 1. The van der Waals surface area contributed by atoms with E-state index in [1.807, 2.05) is 42.5 Å². The van der Waals surface area contributed by atoms with E-state index >= 15 is 0 Å². The van der Waals surface area contributed by atoms with Crippen LogP contribution in [-0.4, -0.2) is 17.8 Å². The Bertz CT molecular complexity index is 1610. The van der Waals surface area contributed by atoms with Crippen LogP contribution in [0.5, 0.6) is 5.75 Å². The summed E-state index contributed by atoms with van der Waals surface area (Å²) in [7, 11) is 0. The molecule has 0 atom stereocenters. The number of halogens is 2. The van der Waals surface area contributed by atoms with Gasteiger partial charge in [-0.25, -0.2) is 9.69 Å². The molecule has 1 aliphatic heterocycles. The van der Waals surface area contributed by atoms with Gasteiger partial charge in [0.1, 0.15) is 17.9 Å². The first-order chi connectivity index (χ1) is 17.8. The number of nitrogens with zero attached hydrogens (tertiary/aromatic N) is 1. The number of aryl methyl sites for hydroxylation is 1. The van der Waals surface area contributed by atoms with Gasteiger partial charge in [0.15, 0.2) is 0 Å². The van der Waals surface area contributed by atoms with Crippen molar-refractivity contribution in [3.63, 3.8) is 0 Å². The number of ether oxygens (including phenoxy) is 1. The Hall–Kier alpha value is -3.94. The summed E-state index contributed by atoms with van der Waals surface area (Å²) in [6.07, 6.45) is 1.40. The van der Waals surface area contributed by atoms with Crippen LogP contribution in [0.15, 0.2) is 88.9 Å². The lowest BCUT2D eigenvalue weighted by Gasteiger charge is -2.27. The molecule has 1 fully saturated rings. The molecule has 0 aliphatic carbocycles. The number of nitrogens with one attached hydrogen (secondary N) is 1. The molecule has 4 aromatic carbocycles. The maximum absolute atomic E-state index is 13.4. The summed E-state index contributed by atoms with van der Waals surface area (Å²) < 4.78 is 6.93. The number of anilines is 1. The molecule has 1 heterocycles. The van der Waals surface area contributed by atoms with E-state index in [2.05, 4.69) is 21.2 Å². The van der Waals surface area contributed by atoms with E-state index in [4.69, 9.17) is 16.3 Å². The molecular formula is C29H20BrClN2O4. The van der Waals surface area contributed by atoms with Gasteiger partial charge in [-0.3, -0.25) is 14.9 Å². The molecule has 5 rings (SSSR count). The molecule has 0 unspecified atom stereocenters. The first-order valence-corrected chi connectivity index (χ1v) is 12.6. The maximum atomic E-state index is 13.4. The van der Waals surface area contributed by atoms with Crippen LogP contribution in [0.3, 0.4) is 0 Å². The van der Waals surface area contributed by atoms with Gasteiger partial charge >= 0.3 is 6.03 Å². The molecule has 8 heteroatoms. The third kappa shape index (κ3) is 5.01. The zero-order valence-electron chi connectivity index (χ0n) is 19.6. The number of benzene rings is 4. The third-order valence-corrected chi connectivity index (χ3v) is 6.76. The molecule has 4 aromatic rings. The van der Waals surface area contributed by atoms with E-state index < -0.39 is 17.8 Å². The van der Waals surface area contributed by atoms with Crippen molar-refractivity contribution in [3.8, 4) is 5.75 Å². The average molecular weight is 576 g/mol. The highest BCUT2D eigenvalue weighted by atomic mass is 79.9. The van der Waals surface area contributed by atoms with Crippen molar-refractivity contribution in [2.75, 3.05) is 4.90 Å². The zero-order chi connectivity index (χ0) is 26.1. The predicted octanol–water partition coefficient (Wildman–Crippen LogP) is 6.81. The minimum atomic E-state index is -0.809. The smallest absolute Gasteiger partial charge is 0.335 e.